The van der Waals surface area contributed by atoms with Crippen LogP contribution in [0.1, 0.15) is 19.3 Å². The van der Waals surface area contributed by atoms with Crippen molar-refractivity contribution in [1.82, 2.24) is 4.72 Å². The number of nitro groups is 1. The third kappa shape index (κ3) is 3.14. The van der Waals surface area contributed by atoms with E-state index in [1.54, 1.807) is 0 Å². The quantitative estimate of drug-likeness (QED) is 0.621. The minimum absolute atomic E-state index is 0.0331. The van der Waals surface area contributed by atoms with E-state index in [2.05, 4.69) is 4.72 Å². The molecule has 2 rings (SSSR count). The highest BCUT2D eigenvalue weighted by Crippen LogP contribution is 2.26. The van der Waals surface area contributed by atoms with E-state index in [-0.39, 0.29) is 22.5 Å². The van der Waals surface area contributed by atoms with Gasteiger partial charge in [0.25, 0.3) is 5.69 Å². The van der Waals surface area contributed by atoms with Gasteiger partial charge in [-0.3, -0.25) is 10.1 Å². The fourth-order valence-electron chi connectivity index (χ4n) is 2.49. The second kappa shape index (κ2) is 5.86. The topological polar surface area (TPSA) is 115 Å². The van der Waals surface area contributed by atoms with E-state index >= 15 is 0 Å². The summed E-state index contributed by atoms with van der Waals surface area (Å²) in [6.07, 6.45) is 2.65. The zero-order valence-electron chi connectivity index (χ0n) is 10.9. The molecule has 110 valence electrons. The van der Waals surface area contributed by atoms with Crippen LogP contribution in [-0.2, 0) is 10.0 Å². The molecule has 8 heteroatoms. The largest absolute Gasteiger partial charge is 0.330 e. The van der Waals surface area contributed by atoms with Gasteiger partial charge in [0.2, 0.25) is 10.0 Å². The highest BCUT2D eigenvalue weighted by atomic mass is 32.2. The summed E-state index contributed by atoms with van der Waals surface area (Å²) in [4.78, 5) is 10.0. The van der Waals surface area contributed by atoms with Crippen molar-refractivity contribution >= 4 is 15.7 Å². The predicted octanol–water partition coefficient (Wildman–Crippen LogP) is 1.00. The molecule has 0 unspecified atom stereocenters. The molecule has 0 spiro atoms. The molecule has 0 heterocycles. The van der Waals surface area contributed by atoms with Crippen molar-refractivity contribution in [3.05, 3.63) is 34.4 Å². The number of nitrogens with two attached hydrogens (primary N) is 1. The van der Waals surface area contributed by atoms with Gasteiger partial charge in [-0.15, -0.1) is 0 Å². The van der Waals surface area contributed by atoms with Crippen LogP contribution < -0.4 is 10.5 Å². The second-order valence-electron chi connectivity index (χ2n) is 4.91. The normalized spacial score (nSPS) is 22.9. The number of nitrogens with zero attached hydrogens (tertiary/aromatic N) is 1. The van der Waals surface area contributed by atoms with Crippen LogP contribution in [0.25, 0.3) is 0 Å². The minimum atomic E-state index is -3.66. The zero-order valence-corrected chi connectivity index (χ0v) is 11.7. The van der Waals surface area contributed by atoms with Gasteiger partial charge in [0.1, 0.15) is 0 Å². The Labute approximate surface area is 117 Å². The summed E-state index contributed by atoms with van der Waals surface area (Å²) < 4.78 is 27.1. The number of sulfonamides is 1. The SMILES string of the molecule is NC[C@@H]1CCC[C@@H]1NS(=O)(=O)c1ccc([N+](=O)[O-])cc1. The highest BCUT2D eigenvalue weighted by molar-refractivity contribution is 7.89. The number of hydrogen-bond acceptors (Lipinski definition) is 5. The van der Waals surface area contributed by atoms with Gasteiger partial charge in [-0.2, -0.15) is 0 Å². The zero-order chi connectivity index (χ0) is 14.8. The Balaban J connectivity index is 2.15. The van der Waals surface area contributed by atoms with Crippen LogP contribution in [-0.4, -0.2) is 25.9 Å². The first-order valence-corrected chi connectivity index (χ1v) is 7.89. The first-order valence-electron chi connectivity index (χ1n) is 6.41. The van der Waals surface area contributed by atoms with Crippen molar-refractivity contribution in [2.75, 3.05) is 6.54 Å². The number of non-ortho nitro benzene ring substituents is 1. The smallest absolute Gasteiger partial charge is 0.269 e. The molecule has 0 amide bonds. The summed E-state index contributed by atoms with van der Waals surface area (Å²) in [7, 11) is -3.66. The van der Waals surface area contributed by atoms with E-state index in [4.69, 9.17) is 5.73 Å². The average Bonchev–Trinajstić information content (AvgIpc) is 2.85. The van der Waals surface area contributed by atoms with Gasteiger partial charge in [-0.05, 0) is 37.4 Å². The molecule has 7 nitrogen and oxygen atoms in total. The summed E-state index contributed by atoms with van der Waals surface area (Å²) in [6, 6.07) is 4.70. The van der Waals surface area contributed by atoms with Crippen LogP contribution in [0.15, 0.2) is 29.2 Å². The van der Waals surface area contributed by atoms with Crippen molar-refractivity contribution in [3.63, 3.8) is 0 Å². The van der Waals surface area contributed by atoms with E-state index in [1.807, 2.05) is 0 Å². The maximum absolute atomic E-state index is 12.2. The molecule has 2 atom stereocenters. The molecule has 1 fully saturated rings. The van der Waals surface area contributed by atoms with Crippen molar-refractivity contribution < 1.29 is 13.3 Å². The van der Waals surface area contributed by atoms with Gasteiger partial charge in [-0.25, -0.2) is 13.1 Å². The molecular formula is C12H17N3O4S. The van der Waals surface area contributed by atoms with E-state index in [9.17, 15) is 18.5 Å². The van der Waals surface area contributed by atoms with Gasteiger partial charge in [-0.1, -0.05) is 6.42 Å². The summed E-state index contributed by atoms with van der Waals surface area (Å²) in [5.41, 5.74) is 5.49. The summed E-state index contributed by atoms with van der Waals surface area (Å²) in [5, 5.41) is 10.5. The number of hydrogen-bond donors (Lipinski definition) is 2. The third-order valence-electron chi connectivity index (χ3n) is 3.63. The Kier molecular flexibility index (Phi) is 4.36. The molecule has 0 radical (unpaired) electrons. The van der Waals surface area contributed by atoms with Gasteiger partial charge >= 0.3 is 0 Å². The summed E-state index contributed by atoms with van der Waals surface area (Å²) >= 11 is 0. The van der Waals surface area contributed by atoms with Crippen molar-refractivity contribution in [1.29, 1.82) is 0 Å². The second-order valence-corrected chi connectivity index (χ2v) is 6.62. The minimum Gasteiger partial charge on any atom is -0.330 e. The van der Waals surface area contributed by atoms with Crippen molar-refractivity contribution in [3.8, 4) is 0 Å². The molecule has 1 aromatic carbocycles. The molecule has 0 aromatic heterocycles. The molecule has 1 aliphatic carbocycles. The van der Waals surface area contributed by atoms with E-state index in [1.165, 1.54) is 24.3 Å². The lowest BCUT2D eigenvalue weighted by atomic mass is 10.1. The number of rotatable bonds is 5. The molecule has 0 saturated heterocycles. The third-order valence-corrected chi connectivity index (χ3v) is 5.13. The van der Waals surface area contributed by atoms with Gasteiger partial charge in [0.15, 0.2) is 0 Å². The van der Waals surface area contributed by atoms with Crippen LogP contribution in [0.4, 0.5) is 5.69 Å². The Morgan fingerprint density at radius 3 is 2.50 bits per heavy atom. The van der Waals surface area contributed by atoms with Crippen molar-refractivity contribution in [2.24, 2.45) is 11.7 Å². The van der Waals surface area contributed by atoms with Crippen LogP contribution in [0.3, 0.4) is 0 Å². The number of benzene rings is 1. The summed E-state index contributed by atoms with van der Waals surface area (Å²) in [6.45, 7) is 0.452. The Morgan fingerprint density at radius 2 is 1.95 bits per heavy atom. The number of nitrogens with one attached hydrogen (secondary N) is 1. The molecule has 1 aromatic rings. The van der Waals surface area contributed by atoms with Crippen molar-refractivity contribution in [2.45, 2.75) is 30.2 Å². The van der Waals surface area contributed by atoms with Gasteiger partial charge in [0.05, 0.1) is 9.82 Å². The average molecular weight is 299 g/mol. The summed E-state index contributed by atoms with van der Waals surface area (Å²) in [5.74, 6) is 0.155. The maximum Gasteiger partial charge on any atom is 0.269 e. The van der Waals surface area contributed by atoms with Gasteiger partial charge in [0, 0.05) is 18.2 Å². The molecule has 0 aliphatic heterocycles. The molecular weight excluding hydrogens is 282 g/mol. The fraction of sp³-hybridized carbons (Fsp3) is 0.500. The lowest BCUT2D eigenvalue weighted by molar-refractivity contribution is -0.384. The fourth-order valence-corrected chi connectivity index (χ4v) is 3.83. The predicted molar refractivity (Wildman–Crippen MR) is 73.6 cm³/mol. The maximum atomic E-state index is 12.2. The molecule has 20 heavy (non-hydrogen) atoms. The standard InChI is InChI=1S/C12H17N3O4S/c13-8-9-2-1-3-12(9)14-20(18,19)11-6-4-10(5-7-11)15(16)17/h4-7,9,12,14H,1-3,8,13H2/t9-,12-/m0/s1. The van der Waals surface area contributed by atoms with E-state index < -0.39 is 14.9 Å². The highest BCUT2D eigenvalue weighted by Gasteiger charge is 2.30. The molecule has 1 aliphatic rings. The van der Waals surface area contributed by atoms with Crippen LogP contribution in [0.2, 0.25) is 0 Å². The molecule has 1 saturated carbocycles. The van der Waals surface area contributed by atoms with E-state index in [0.29, 0.717) is 6.54 Å². The monoisotopic (exact) mass is 299 g/mol. The van der Waals surface area contributed by atoms with E-state index in [0.717, 1.165) is 19.3 Å². The lowest BCUT2D eigenvalue weighted by Crippen LogP contribution is -2.39. The van der Waals surface area contributed by atoms with Gasteiger partial charge < -0.3 is 5.73 Å². The van der Waals surface area contributed by atoms with Crippen LogP contribution in [0, 0.1) is 16.0 Å². The first kappa shape index (κ1) is 14.9. The number of nitro benzene ring substituents is 1. The Hall–Kier alpha value is -1.51. The molecule has 0 bridgehead atoms. The Bertz CT molecular complexity index is 585. The van der Waals surface area contributed by atoms with Crippen LogP contribution >= 0.6 is 0 Å². The lowest BCUT2D eigenvalue weighted by Gasteiger charge is -2.19. The Morgan fingerprint density at radius 1 is 1.30 bits per heavy atom. The van der Waals surface area contributed by atoms with Crippen LogP contribution in [0.5, 0.6) is 0 Å². The molecule has 3 N–H and O–H groups in total. The first-order chi connectivity index (χ1) is 9.44.